The van der Waals surface area contributed by atoms with Gasteiger partial charge in [-0.1, -0.05) is 67.6 Å². The molecule has 1 heterocycles. The van der Waals surface area contributed by atoms with Gasteiger partial charge in [0.15, 0.2) is 0 Å². The van der Waals surface area contributed by atoms with Gasteiger partial charge < -0.3 is 5.32 Å². The lowest BCUT2D eigenvalue weighted by atomic mass is 10.0. The Morgan fingerprint density at radius 1 is 1.08 bits per heavy atom. The van der Waals surface area contributed by atoms with E-state index < -0.39 is 0 Å². The number of hydrogen-bond donors (Lipinski definition) is 2. The molecule has 3 rings (SSSR count). The molecule has 2 N–H and O–H groups in total. The number of carbonyl (C=O) groups is 1. The van der Waals surface area contributed by atoms with E-state index in [2.05, 4.69) is 78.2 Å². The predicted molar refractivity (Wildman–Crippen MR) is 98.6 cm³/mol. The van der Waals surface area contributed by atoms with Gasteiger partial charge in [-0.3, -0.25) is 10.1 Å². The summed E-state index contributed by atoms with van der Waals surface area (Å²) in [6, 6.07) is 17.3. The molecule has 0 bridgehead atoms. The zero-order valence-electron chi connectivity index (χ0n) is 14.1. The van der Waals surface area contributed by atoms with Crippen molar-refractivity contribution in [2.75, 3.05) is 6.54 Å². The summed E-state index contributed by atoms with van der Waals surface area (Å²) in [5.74, 6) is 0.0742. The fraction of sp³-hybridized carbons (Fsp3) is 0.286. The summed E-state index contributed by atoms with van der Waals surface area (Å²) in [6.07, 6.45) is 7.25. The van der Waals surface area contributed by atoms with Crippen molar-refractivity contribution in [2.45, 2.75) is 32.4 Å². The molecular weight excluding hydrogens is 296 g/mol. The van der Waals surface area contributed by atoms with Crippen LogP contribution in [0.5, 0.6) is 0 Å². The van der Waals surface area contributed by atoms with E-state index in [-0.39, 0.29) is 12.1 Å². The van der Waals surface area contributed by atoms with Crippen molar-refractivity contribution in [3.63, 3.8) is 0 Å². The van der Waals surface area contributed by atoms with Crippen LogP contribution in [0, 0.1) is 0 Å². The van der Waals surface area contributed by atoms with Crippen LogP contribution < -0.4 is 10.6 Å². The van der Waals surface area contributed by atoms with Crippen molar-refractivity contribution in [3.05, 3.63) is 76.9 Å². The number of aryl methyl sites for hydroxylation is 1. The van der Waals surface area contributed by atoms with E-state index in [9.17, 15) is 4.79 Å². The van der Waals surface area contributed by atoms with E-state index in [1.807, 2.05) is 0 Å². The van der Waals surface area contributed by atoms with E-state index >= 15 is 0 Å². The molecule has 0 aromatic heterocycles. The fourth-order valence-electron chi connectivity index (χ4n) is 2.94. The summed E-state index contributed by atoms with van der Waals surface area (Å²) < 4.78 is 0. The van der Waals surface area contributed by atoms with Crippen molar-refractivity contribution in [1.82, 2.24) is 10.6 Å². The van der Waals surface area contributed by atoms with Gasteiger partial charge in [-0.05, 0) is 35.1 Å². The molecule has 124 valence electrons. The molecule has 3 heteroatoms. The third-order valence-electron chi connectivity index (χ3n) is 4.33. The SMILES string of the molecule is CCc1ccc(C/C=C/c2cccc(CC3NCC(=O)N3)c2)cc1. The minimum atomic E-state index is 0.0498. The Bertz CT molecular complexity index is 719. The number of nitrogens with one attached hydrogen (secondary N) is 2. The molecule has 0 saturated carbocycles. The Morgan fingerprint density at radius 3 is 2.58 bits per heavy atom. The lowest BCUT2D eigenvalue weighted by Crippen LogP contribution is -2.34. The topological polar surface area (TPSA) is 41.1 Å². The Hall–Kier alpha value is -2.39. The first-order valence-electron chi connectivity index (χ1n) is 8.59. The van der Waals surface area contributed by atoms with E-state index in [0.717, 1.165) is 19.3 Å². The molecule has 1 amide bonds. The minimum absolute atomic E-state index is 0.0498. The van der Waals surface area contributed by atoms with Crippen LogP contribution in [0.15, 0.2) is 54.6 Å². The van der Waals surface area contributed by atoms with Crippen LogP contribution in [-0.2, 0) is 24.1 Å². The average molecular weight is 320 g/mol. The van der Waals surface area contributed by atoms with E-state index in [1.54, 1.807) is 0 Å². The van der Waals surface area contributed by atoms with Crippen molar-refractivity contribution >= 4 is 12.0 Å². The lowest BCUT2D eigenvalue weighted by molar-refractivity contribution is -0.118. The maximum Gasteiger partial charge on any atom is 0.235 e. The van der Waals surface area contributed by atoms with Crippen molar-refractivity contribution in [3.8, 4) is 0 Å². The molecule has 2 aromatic carbocycles. The molecule has 1 aliphatic rings. The zero-order chi connectivity index (χ0) is 16.8. The molecule has 0 spiro atoms. The lowest BCUT2D eigenvalue weighted by Gasteiger charge is -2.10. The maximum absolute atomic E-state index is 11.2. The number of rotatable bonds is 6. The molecule has 1 fully saturated rings. The summed E-state index contributed by atoms with van der Waals surface area (Å²) in [6.45, 7) is 2.59. The second kappa shape index (κ2) is 7.93. The van der Waals surface area contributed by atoms with Gasteiger partial charge in [0.25, 0.3) is 0 Å². The van der Waals surface area contributed by atoms with Gasteiger partial charge in [0.05, 0.1) is 12.7 Å². The molecule has 0 aliphatic carbocycles. The Balaban J connectivity index is 1.58. The van der Waals surface area contributed by atoms with Gasteiger partial charge in [0.1, 0.15) is 0 Å². The van der Waals surface area contributed by atoms with Crippen molar-refractivity contribution in [2.24, 2.45) is 0 Å². The highest BCUT2D eigenvalue weighted by Gasteiger charge is 2.19. The van der Waals surface area contributed by atoms with Crippen LogP contribution >= 0.6 is 0 Å². The zero-order valence-corrected chi connectivity index (χ0v) is 14.1. The Labute approximate surface area is 143 Å². The second-order valence-electron chi connectivity index (χ2n) is 6.23. The summed E-state index contributed by atoms with van der Waals surface area (Å²) in [5, 5.41) is 6.10. The third-order valence-corrected chi connectivity index (χ3v) is 4.33. The Kier molecular flexibility index (Phi) is 5.44. The first kappa shape index (κ1) is 16.5. The van der Waals surface area contributed by atoms with E-state index in [1.165, 1.54) is 22.3 Å². The Morgan fingerprint density at radius 2 is 1.88 bits per heavy atom. The highest BCUT2D eigenvalue weighted by atomic mass is 16.2. The monoisotopic (exact) mass is 320 g/mol. The highest BCUT2D eigenvalue weighted by molar-refractivity contribution is 5.80. The molecule has 1 unspecified atom stereocenters. The minimum Gasteiger partial charge on any atom is -0.339 e. The van der Waals surface area contributed by atoms with Crippen LogP contribution in [0.4, 0.5) is 0 Å². The van der Waals surface area contributed by atoms with Crippen LogP contribution in [0.3, 0.4) is 0 Å². The molecule has 2 aromatic rings. The fourth-order valence-corrected chi connectivity index (χ4v) is 2.94. The summed E-state index contributed by atoms with van der Waals surface area (Å²) in [7, 11) is 0. The number of benzene rings is 2. The number of hydrogen-bond acceptors (Lipinski definition) is 2. The predicted octanol–water partition coefficient (Wildman–Crippen LogP) is 3.09. The van der Waals surface area contributed by atoms with Crippen LogP contribution in [0.1, 0.15) is 29.2 Å². The summed E-state index contributed by atoms with van der Waals surface area (Å²) >= 11 is 0. The third kappa shape index (κ3) is 4.56. The van der Waals surface area contributed by atoms with Crippen LogP contribution in [0.2, 0.25) is 0 Å². The number of carbonyl (C=O) groups excluding carboxylic acids is 1. The molecule has 1 aliphatic heterocycles. The summed E-state index contributed by atoms with van der Waals surface area (Å²) in [4.78, 5) is 11.2. The van der Waals surface area contributed by atoms with Gasteiger partial charge in [0, 0.05) is 6.42 Å². The molecule has 0 radical (unpaired) electrons. The normalized spacial score (nSPS) is 17.4. The number of allylic oxidation sites excluding steroid dienone is 1. The molecule has 1 saturated heterocycles. The smallest absolute Gasteiger partial charge is 0.235 e. The number of amides is 1. The standard InChI is InChI=1S/C21H24N2O/c1-2-16-9-11-17(12-10-16)5-3-6-18-7-4-8-19(13-18)14-20-22-15-21(24)23-20/h3-4,6-13,20,22H,2,5,14-15H2,1H3,(H,23,24)/b6-3+. The maximum atomic E-state index is 11.2. The highest BCUT2D eigenvalue weighted by Crippen LogP contribution is 2.11. The van der Waals surface area contributed by atoms with Gasteiger partial charge >= 0.3 is 0 Å². The van der Waals surface area contributed by atoms with Gasteiger partial charge in [-0.15, -0.1) is 0 Å². The van der Waals surface area contributed by atoms with Crippen LogP contribution in [-0.4, -0.2) is 18.6 Å². The quantitative estimate of drug-likeness (QED) is 0.859. The summed E-state index contributed by atoms with van der Waals surface area (Å²) in [5.41, 5.74) is 5.13. The second-order valence-corrected chi connectivity index (χ2v) is 6.23. The molecule has 24 heavy (non-hydrogen) atoms. The first-order chi connectivity index (χ1) is 11.7. The largest absolute Gasteiger partial charge is 0.339 e. The van der Waals surface area contributed by atoms with Crippen molar-refractivity contribution < 1.29 is 4.79 Å². The van der Waals surface area contributed by atoms with Gasteiger partial charge in [-0.25, -0.2) is 0 Å². The van der Waals surface area contributed by atoms with Crippen LogP contribution in [0.25, 0.3) is 6.08 Å². The first-order valence-corrected chi connectivity index (χ1v) is 8.59. The molecule has 3 nitrogen and oxygen atoms in total. The van der Waals surface area contributed by atoms with Crippen molar-refractivity contribution in [1.29, 1.82) is 0 Å². The average Bonchev–Trinajstić information content (AvgIpc) is 3.01. The van der Waals surface area contributed by atoms with E-state index in [0.29, 0.717) is 6.54 Å². The van der Waals surface area contributed by atoms with Gasteiger partial charge in [-0.2, -0.15) is 0 Å². The van der Waals surface area contributed by atoms with Gasteiger partial charge in [0.2, 0.25) is 5.91 Å². The molecule has 1 atom stereocenters. The van der Waals surface area contributed by atoms with E-state index in [4.69, 9.17) is 0 Å². The molecular formula is C21H24N2O.